The van der Waals surface area contributed by atoms with Crippen LogP contribution in [0.25, 0.3) is 10.2 Å². The number of urea groups is 1. The fourth-order valence-electron chi connectivity index (χ4n) is 4.35. The molecule has 1 aromatic carbocycles. The van der Waals surface area contributed by atoms with Crippen molar-refractivity contribution in [2.24, 2.45) is 5.73 Å². The first-order chi connectivity index (χ1) is 15.4. The van der Waals surface area contributed by atoms with Crippen LogP contribution in [0.1, 0.15) is 42.8 Å². The molecule has 5 rings (SSSR count). The van der Waals surface area contributed by atoms with E-state index in [0.717, 1.165) is 30.4 Å². The van der Waals surface area contributed by atoms with Crippen LogP contribution in [0, 0.1) is 0 Å². The fourth-order valence-corrected chi connectivity index (χ4v) is 5.37. The van der Waals surface area contributed by atoms with Gasteiger partial charge in [-0.25, -0.2) is 9.78 Å². The summed E-state index contributed by atoms with van der Waals surface area (Å²) >= 11 is 1.28. The van der Waals surface area contributed by atoms with E-state index < -0.39 is 0 Å². The Balaban J connectivity index is 1.51. The summed E-state index contributed by atoms with van der Waals surface area (Å²) in [5, 5.41) is 6.73. The molecule has 0 unspecified atom stereocenters. The van der Waals surface area contributed by atoms with E-state index in [1.165, 1.54) is 11.3 Å². The van der Waals surface area contributed by atoms with Crippen molar-refractivity contribution in [3.05, 3.63) is 41.4 Å². The van der Waals surface area contributed by atoms with E-state index in [9.17, 15) is 9.59 Å². The van der Waals surface area contributed by atoms with E-state index in [0.29, 0.717) is 26.8 Å². The zero-order chi connectivity index (χ0) is 22.4. The quantitative estimate of drug-likeness (QED) is 0.533. The number of nitrogens with zero attached hydrogens (tertiary/aromatic N) is 2. The highest BCUT2D eigenvalue weighted by atomic mass is 32.1. The second kappa shape index (κ2) is 8.07. The van der Waals surface area contributed by atoms with E-state index in [-0.39, 0.29) is 30.1 Å². The molecule has 0 radical (unpaired) electrons. The molecule has 3 heterocycles. The zero-order valence-corrected chi connectivity index (χ0v) is 18.7. The Morgan fingerprint density at radius 2 is 2.06 bits per heavy atom. The molecule has 1 fully saturated rings. The molecule has 2 aromatic heterocycles. The minimum Gasteiger partial charge on any atom is -0.491 e. The Morgan fingerprint density at radius 3 is 2.75 bits per heavy atom. The van der Waals surface area contributed by atoms with Crippen LogP contribution < -0.4 is 26.0 Å². The van der Waals surface area contributed by atoms with Crippen molar-refractivity contribution in [1.82, 2.24) is 10.3 Å². The number of hydrogen-bond acceptors (Lipinski definition) is 6. The smallest absolute Gasteiger partial charge is 0.331 e. The van der Waals surface area contributed by atoms with Gasteiger partial charge in [0.2, 0.25) is 0 Å². The maximum Gasteiger partial charge on any atom is 0.331 e. The molecule has 0 saturated heterocycles. The third kappa shape index (κ3) is 3.57. The topological polar surface area (TPSA) is 110 Å². The summed E-state index contributed by atoms with van der Waals surface area (Å²) in [6.07, 6.45) is 4.50. The van der Waals surface area contributed by atoms with Crippen molar-refractivity contribution >= 4 is 50.6 Å². The molecule has 2 aliphatic rings. The summed E-state index contributed by atoms with van der Waals surface area (Å²) in [6.45, 7) is 3.93. The minimum atomic E-state index is -0.326. The summed E-state index contributed by atoms with van der Waals surface area (Å²) in [5.74, 6) is 0.515. The number of ether oxygens (including phenoxy) is 1. The van der Waals surface area contributed by atoms with Crippen LogP contribution in [-0.2, 0) is 0 Å². The lowest BCUT2D eigenvalue weighted by Gasteiger charge is -2.28. The van der Waals surface area contributed by atoms with E-state index in [1.54, 1.807) is 17.2 Å². The summed E-state index contributed by atoms with van der Waals surface area (Å²) in [4.78, 5) is 33.4. The molecule has 8 nitrogen and oxygen atoms in total. The highest BCUT2D eigenvalue weighted by Gasteiger charge is 2.34. The number of nitrogens with one attached hydrogen (secondary N) is 2. The van der Waals surface area contributed by atoms with E-state index >= 15 is 0 Å². The van der Waals surface area contributed by atoms with Gasteiger partial charge in [-0.05, 0) is 63.4 Å². The molecular weight excluding hydrogens is 426 g/mol. The lowest BCUT2D eigenvalue weighted by Crippen LogP contribution is -2.44. The van der Waals surface area contributed by atoms with Gasteiger partial charge in [-0.1, -0.05) is 0 Å². The number of thiophene rings is 1. The van der Waals surface area contributed by atoms with Crippen LogP contribution >= 0.6 is 11.3 Å². The molecule has 3 amide bonds. The molecule has 2 atom stereocenters. The largest absolute Gasteiger partial charge is 0.491 e. The van der Waals surface area contributed by atoms with Crippen LogP contribution in [0.3, 0.4) is 0 Å². The normalized spacial score (nSPS) is 20.0. The molecule has 166 valence electrons. The first kappa shape index (κ1) is 20.7. The lowest BCUT2D eigenvalue weighted by molar-refractivity contribution is 0.0939. The van der Waals surface area contributed by atoms with Gasteiger partial charge in [-0.3, -0.25) is 9.69 Å². The van der Waals surface area contributed by atoms with Gasteiger partial charge in [0, 0.05) is 18.3 Å². The molecule has 1 aliphatic heterocycles. The zero-order valence-electron chi connectivity index (χ0n) is 17.9. The van der Waals surface area contributed by atoms with E-state index in [1.807, 2.05) is 38.1 Å². The third-order valence-electron chi connectivity index (χ3n) is 5.80. The summed E-state index contributed by atoms with van der Waals surface area (Å²) in [6, 6.07) is 8.76. The minimum absolute atomic E-state index is 0.0360. The molecular formula is C23H25N5O3S. The van der Waals surface area contributed by atoms with Crippen LogP contribution in [0.5, 0.6) is 5.75 Å². The second-order valence-corrected chi connectivity index (χ2v) is 9.42. The Morgan fingerprint density at radius 1 is 1.28 bits per heavy atom. The van der Waals surface area contributed by atoms with Crippen LogP contribution in [0.2, 0.25) is 0 Å². The van der Waals surface area contributed by atoms with Gasteiger partial charge < -0.3 is 21.1 Å². The van der Waals surface area contributed by atoms with Crippen LogP contribution in [0.4, 0.5) is 21.9 Å². The van der Waals surface area contributed by atoms with Crippen molar-refractivity contribution in [1.29, 1.82) is 0 Å². The van der Waals surface area contributed by atoms with Crippen molar-refractivity contribution in [2.75, 3.05) is 10.2 Å². The number of anilines is 3. The van der Waals surface area contributed by atoms with Gasteiger partial charge in [-0.2, -0.15) is 0 Å². The monoisotopic (exact) mass is 451 g/mol. The number of aromatic nitrogens is 1. The number of carbonyl (C=O) groups excluding carboxylic acids is 2. The number of pyridine rings is 1. The molecule has 4 N–H and O–H groups in total. The maximum atomic E-state index is 13.1. The lowest BCUT2D eigenvalue weighted by atomic mass is 10.1. The number of hydrogen-bond donors (Lipinski definition) is 3. The number of nitrogens with two attached hydrogens (primary N) is 1. The van der Waals surface area contributed by atoms with Gasteiger partial charge in [0.15, 0.2) is 0 Å². The van der Waals surface area contributed by atoms with Crippen molar-refractivity contribution in [3.63, 3.8) is 0 Å². The Bertz CT molecular complexity index is 1190. The number of rotatable bonds is 5. The average Bonchev–Trinajstić information content (AvgIpc) is 3.33. The van der Waals surface area contributed by atoms with E-state index in [2.05, 4.69) is 15.6 Å². The van der Waals surface area contributed by atoms with Gasteiger partial charge in [-0.15, -0.1) is 11.3 Å². The van der Waals surface area contributed by atoms with Crippen molar-refractivity contribution < 1.29 is 14.3 Å². The first-order valence-electron chi connectivity index (χ1n) is 10.8. The predicted octanol–water partition coefficient (Wildman–Crippen LogP) is 4.38. The van der Waals surface area contributed by atoms with Crippen LogP contribution in [-0.4, -0.2) is 35.1 Å². The van der Waals surface area contributed by atoms with Crippen LogP contribution in [0.15, 0.2) is 36.5 Å². The van der Waals surface area contributed by atoms with Gasteiger partial charge in [0.05, 0.1) is 28.6 Å². The summed E-state index contributed by atoms with van der Waals surface area (Å²) < 4.78 is 5.71. The molecule has 32 heavy (non-hydrogen) atoms. The van der Waals surface area contributed by atoms with Gasteiger partial charge >= 0.3 is 6.03 Å². The number of carbonyl (C=O) groups is 2. The summed E-state index contributed by atoms with van der Waals surface area (Å²) in [5.41, 5.74) is 8.02. The maximum absolute atomic E-state index is 13.1. The highest BCUT2D eigenvalue weighted by molar-refractivity contribution is 7.21. The molecule has 3 aromatic rings. The number of amides is 3. The Hall–Kier alpha value is -3.17. The molecule has 9 heteroatoms. The fraction of sp³-hybridized carbons (Fsp3) is 0.348. The number of benzene rings is 1. The molecule has 1 saturated carbocycles. The predicted molar refractivity (Wildman–Crippen MR) is 126 cm³/mol. The average molecular weight is 452 g/mol. The van der Waals surface area contributed by atoms with Crippen molar-refractivity contribution in [2.45, 2.75) is 51.3 Å². The standard InChI is InChI=1S/C23H25N5O3S/c1-12(2)31-14-8-6-13(7-9-14)28-17-10-11-25-22-18(17)19(27-23(28)30)20(32-22)21(29)26-16-5-3-4-15(16)24/h6-12,15-16H,3-5,24H2,1-2H3,(H,26,29)(H,27,30)/t15-,16+/m0/s1. The third-order valence-corrected chi connectivity index (χ3v) is 6.90. The Labute approximate surface area is 189 Å². The van der Waals surface area contributed by atoms with E-state index in [4.69, 9.17) is 10.5 Å². The SMILES string of the molecule is CC(C)Oc1ccc(N2C(=O)Nc3c(C(=O)N[C@@H]4CCC[C@@H]4N)sc4nccc2c34)cc1. The van der Waals surface area contributed by atoms with Gasteiger partial charge in [0.25, 0.3) is 5.91 Å². The molecule has 0 bridgehead atoms. The second-order valence-electron chi connectivity index (χ2n) is 8.42. The molecule has 1 aliphatic carbocycles. The molecule has 0 spiro atoms. The van der Waals surface area contributed by atoms with Crippen molar-refractivity contribution in [3.8, 4) is 5.75 Å². The van der Waals surface area contributed by atoms with Gasteiger partial charge in [0.1, 0.15) is 15.5 Å². The first-order valence-corrected chi connectivity index (χ1v) is 11.6. The highest BCUT2D eigenvalue weighted by Crippen LogP contribution is 2.45. The summed E-state index contributed by atoms with van der Waals surface area (Å²) in [7, 11) is 0. The Kier molecular flexibility index (Phi) is 5.22.